The molecule has 1 N–H and O–H groups in total. The van der Waals surface area contributed by atoms with Crippen molar-refractivity contribution < 1.29 is 5.11 Å². The standard InChI is InChI=1S/C21H35NO/c1-5-20(23)21(16-17(2)22(3)4,18-12-8-6-9-13-18)19-14-10-7-11-15-19/h6,8-9,12-13,17,19-20,23H,5,7,10-11,14-16H2,1-4H3. The maximum atomic E-state index is 11.2. The molecule has 1 aromatic carbocycles. The van der Waals surface area contributed by atoms with Crippen LogP contribution in [0.2, 0.25) is 0 Å². The van der Waals surface area contributed by atoms with Crippen LogP contribution in [-0.4, -0.2) is 36.2 Å². The van der Waals surface area contributed by atoms with Crippen molar-refractivity contribution >= 4 is 0 Å². The molecule has 0 aromatic heterocycles. The van der Waals surface area contributed by atoms with Crippen molar-refractivity contribution in [1.82, 2.24) is 4.90 Å². The van der Waals surface area contributed by atoms with Crippen molar-refractivity contribution in [1.29, 1.82) is 0 Å². The molecule has 0 amide bonds. The summed E-state index contributed by atoms with van der Waals surface area (Å²) in [6, 6.07) is 11.3. The summed E-state index contributed by atoms with van der Waals surface area (Å²) in [5.41, 5.74) is 1.23. The SMILES string of the molecule is CCC(O)C(CC(C)N(C)C)(c1ccccc1)C1CCCCC1. The van der Waals surface area contributed by atoms with Gasteiger partial charge < -0.3 is 10.0 Å². The molecule has 0 spiro atoms. The van der Waals surface area contributed by atoms with Gasteiger partial charge in [-0.15, -0.1) is 0 Å². The number of rotatable bonds is 7. The molecule has 130 valence electrons. The summed E-state index contributed by atoms with van der Waals surface area (Å²) >= 11 is 0. The Bertz CT molecular complexity index is 452. The normalized spacial score (nSPS) is 21.8. The molecule has 0 saturated heterocycles. The minimum absolute atomic E-state index is 0.111. The maximum Gasteiger partial charge on any atom is 0.0637 e. The molecule has 1 aliphatic carbocycles. The topological polar surface area (TPSA) is 23.5 Å². The smallest absolute Gasteiger partial charge is 0.0637 e. The first-order valence-electron chi connectivity index (χ1n) is 9.42. The molecule has 0 heterocycles. The van der Waals surface area contributed by atoms with Gasteiger partial charge in [-0.25, -0.2) is 0 Å². The average Bonchev–Trinajstić information content (AvgIpc) is 2.60. The van der Waals surface area contributed by atoms with Crippen molar-refractivity contribution in [3.05, 3.63) is 35.9 Å². The van der Waals surface area contributed by atoms with Crippen molar-refractivity contribution in [2.75, 3.05) is 14.1 Å². The fourth-order valence-corrected chi connectivity index (χ4v) is 4.52. The van der Waals surface area contributed by atoms with Gasteiger partial charge in [0.2, 0.25) is 0 Å². The summed E-state index contributed by atoms with van der Waals surface area (Å²) in [7, 11) is 4.30. The summed E-state index contributed by atoms with van der Waals surface area (Å²) in [5.74, 6) is 0.594. The van der Waals surface area contributed by atoms with E-state index in [4.69, 9.17) is 0 Å². The minimum atomic E-state index is -0.268. The summed E-state index contributed by atoms with van der Waals surface area (Å²) in [4.78, 5) is 2.29. The quantitative estimate of drug-likeness (QED) is 0.793. The number of hydrogen-bond donors (Lipinski definition) is 1. The van der Waals surface area contributed by atoms with E-state index in [1.807, 2.05) is 0 Å². The molecule has 1 saturated carbocycles. The molecular weight excluding hydrogens is 282 g/mol. The highest BCUT2D eigenvalue weighted by molar-refractivity contribution is 5.29. The molecule has 3 unspecified atom stereocenters. The van der Waals surface area contributed by atoms with Crippen LogP contribution in [0.3, 0.4) is 0 Å². The van der Waals surface area contributed by atoms with Crippen LogP contribution in [0.5, 0.6) is 0 Å². The van der Waals surface area contributed by atoms with Gasteiger partial charge in [-0.1, -0.05) is 56.5 Å². The van der Waals surface area contributed by atoms with Gasteiger partial charge >= 0.3 is 0 Å². The average molecular weight is 318 g/mol. The summed E-state index contributed by atoms with van der Waals surface area (Å²) in [5, 5.41) is 11.2. The monoisotopic (exact) mass is 317 g/mol. The minimum Gasteiger partial charge on any atom is -0.392 e. The summed E-state index contributed by atoms with van der Waals surface area (Å²) in [6.07, 6.45) is 8.08. The van der Waals surface area contributed by atoms with Crippen LogP contribution in [0.15, 0.2) is 30.3 Å². The van der Waals surface area contributed by atoms with Crippen molar-refractivity contribution in [2.45, 2.75) is 76.4 Å². The number of aliphatic hydroxyl groups excluding tert-OH is 1. The van der Waals surface area contributed by atoms with E-state index in [0.29, 0.717) is 12.0 Å². The highest BCUT2D eigenvalue weighted by Crippen LogP contribution is 2.47. The second-order valence-electron chi connectivity index (χ2n) is 7.68. The van der Waals surface area contributed by atoms with Gasteiger partial charge in [0.1, 0.15) is 0 Å². The van der Waals surface area contributed by atoms with Crippen LogP contribution in [0, 0.1) is 5.92 Å². The molecule has 0 bridgehead atoms. The Balaban J connectivity index is 2.48. The number of aliphatic hydroxyl groups is 1. The molecule has 2 rings (SSSR count). The second-order valence-corrected chi connectivity index (χ2v) is 7.68. The maximum absolute atomic E-state index is 11.2. The molecule has 0 radical (unpaired) electrons. The Kier molecular flexibility index (Phi) is 6.67. The van der Waals surface area contributed by atoms with Crippen LogP contribution in [0.1, 0.15) is 64.4 Å². The molecular formula is C21H35NO. The van der Waals surface area contributed by atoms with Gasteiger partial charge in [0.15, 0.2) is 0 Å². The first-order valence-corrected chi connectivity index (χ1v) is 9.42. The van der Waals surface area contributed by atoms with Gasteiger partial charge in [-0.2, -0.15) is 0 Å². The van der Waals surface area contributed by atoms with Crippen LogP contribution in [0.25, 0.3) is 0 Å². The number of nitrogens with zero attached hydrogens (tertiary/aromatic N) is 1. The van der Waals surface area contributed by atoms with Crippen LogP contribution >= 0.6 is 0 Å². The Morgan fingerprint density at radius 1 is 1.13 bits per heavy atom. The zero-order valence-corrected chi connectivity index (χ0v) is 15.5. The van der Waals surface area contributed by atoms with E-state index < -0.39 is 0 Å². The van der Waals surface area contributed by atoms with Gasteiger partial charge in [-0.3, -0.25) is 0 Å². The molecule has 1 fully saturated rings. The lowest BCUT2D eigenvalue weighted by Crippen LogP contribution is -2.50. The van der Waals surface area contributed by atoms with E-state index in [1.54, 1.807) is 0 Å². The van der Waals surface area contributed by atoms with Crippen LogP contribution < -0.4 is 0 Å². The highest BCUT2D eigenvalue weighted by atomic mass is 16.3. The fourth-order valence-electron chi connectivity index (χ4n) is 4.52. The third-order valence-corrected chi connectivity index (χ3v) is 6.14. The molecule has 2 heteroatoms. The third-order valence-electron chi connectivity index (χ3n) is 6.14. The Morgan fingerprint density at radius 3 is 2.26 bits per heavy atom. The third kappa shape index (κ3) is 3.97. The van der Waals surface area contributed by atoms with E-state index in [-0.39, 0.29) is 11.5 Å². The Labute approximate surface area is 142 Å². The molecule has 23 heavy (non-hydrogen) atoms. The zero-order valence-electron chi connectivity index (χ0n) is 15.5. The predicted octanol–water partition coefficient (Wildman–Crippen LogP) is 4.62. The zero-order chi connectivity index (χ0) is 16.9. The Morgan fingerprint density at radius 2 is 1.74 bits per heavy atom. The van der Waals surface area contributed by atoms with E-state index >= 15 is 0 Å². The van der Waals surface area contributed by atoms with Crippen LogP contribution in [0.4, 0.5) is 0 Å². The predicted molar refractivity (Wildman–Crippen MR) is 98.8 cm³/mol. The first-order chi connectivity index (χ1) is 11.0. The van der Waals surface area contributed by atoms with Crippen molar-refractivity contribution in [2.24, 2.45) is 5.92 Å². The Hall–Kier alpha value is -0.860. The second kappa shape index (κ2) is 8.30. The van der Waals surface area contributed by atoms with Gasteiger partial charge in [-0.05, 0) is 58.2 Å². The van der Waals surface area contributed by atoms with Crippen LogP contribution in [-0.2, 0) is 5.41 Å². The molecule has 0 aliphatic heterocycles. The lowest BCUT2D eigenvalue weighted by Gasteiger charge is -2.48. The molecule has 2 nitrogen and oxygen atoms in total. The van der Waals surface area contributed by atoms with Gasteiger partial charge in [0.05, 0.1) is 6.10 Å². The largest absolute Gasteiger partial charge is 0.392 e. The van der Waals surface area contributed by atoms with Crippen molar-refractivity contribution in [3.8, 4) is 0 Å². The summed E-state index contributed by atoms with van der Waals surface area (Å²) < 4.78 is 0. The summed E-state index contributed by atoms with van der Waals surface area (Å²) in [6.45, 7) is 4.43. The van der Waals surface area contributed by atoms with Gasteiger partial charge in [0, 0.05) is 11.5 Å². The van der Waals surface area contributed by atoms with E-state index in [9.17, 15) is 5.11 Å². The molecule has 1 aliphatic rings. The molecule has 1 aromatic rings. The number of hydrogen-bond acceptors (Lipinski definition) is 2. The fraction of sp³-hybridized carbons (Fsp3) is 0.714. The van der Waals surface area contributed by atoms with Crippen molar-refractivity contribution in [3.63, 3.8) is 0 Å². The van der Waals surface area contributed by atoms with Gasteiger partial charge in [0.25, 0.3) is 0 Å². The lowest BCUT2D eigenvalue weighted by atomic mass is 9.59. The van der Waals surface area contributed by atoms with E-state index in [2.05, 4.69) is 63.2 Å². The first kappa shape index (κ1) is 18.5. The van der Waals surface area contributed by atoms with E-state index in [1.165, 1.54) is 37.7 Å². The number of benzene rings is 1. The van der Waals surface area contributed by atoms with E-state index in [0.717, 1.165) is 12.8 Å². The lowest BCUT2D eigenvalue weighted by molar-refractivity contribution is 0.00459. The highest BCUT2D eigenvalue weighted by Gasteiger charge is 2.46. The molecule has 3 atom stereocenters.